The molecule has 2 aromatic heterocycles. The first kappa shape index (κ1) is 17.4. The van der Waals surface area contributed by atoms with E-state index in [1.165, 1.54) is 11.3 Å². The summed E-state index contributed by atoms with van der Waals surface area (Å²) in [6.45, 7) is 4.97. The van der Waals surface area contributed by atoms with Crippen LogP contribution in [0.3, 0.4) is 0 Å². The van der Waals surface area contributed by atoms with Gasteiger partial charge in [0.1, 0.15) is 5.01 Å². The van der Waals surface area contributed by atoms with E-state index in [9.17, 15) is 4.79 Å². The number of primary amides is 1. The van der Waals surface area contributed by atoms with E-state index in [2.05, 4.69) is 40.7 Å². The van der Waals surface area contributed by atoms with Gasteiger partial charge in [-0.25, -0.2) is 4.98 Å². The van der Waals surface area contributed by atoms with E-state index in [4.69, 9.17) is 5.73 Å². The molecule has 0 saturated carbocycles. The van der Waals surface area contributed by atoms with Crippen molar-refractivity contribution in [2.75, 3.05) is 0 Å². The standard InChI is InChI=1S/C20H23N3OS/c1-3-7-16-18(20-22-11-13-25-20)17(19(21)24)14(2)23(16)12-10-15-8-5-4-6-9-15/h4-6,8-9,11,13H,3,7,10,12H2,1-2H3,(H2,21,24). The van der Waals surface area contributed by atoms with Gasteiger partial charge in [0.15, 0.2) is 0 Å². The smallest absolute Gasteiger partial charge is 0.251 e. The number of nitrogens with zero attached hydrogens (tertiary/aromatic N) is 2. The second-order valence-electron chi connectivity index (χ2n) is 6.12. The molecule has 4 nitrogen and oxygen atoms in total. The van der Waals surface area contributed by atoms with Crippen molar-refractivity contribution in [1.29, 1.82) is 0 Å². The van der Waals surface area contributed by atoms with E-state index >= 15 is 0 Å². The minimum absolute atomic E-state index is 0.376. The first-order valence-corrected chi connectivity index (χ1v) is 9.47. The molecule has 0 unspecified atom stereocenters. The first-order valence-electron chi connectivity index (χ1n) is 8.59. The maximum atomic E-state index is 12.2. The molecule has 0 bridgehead atoms. The Hall–Kier alpha value is -2.40. The van der Waals surface area contributed by atoms with Crippen molar-refractivity contribution in [1.82, 2.24) is 9.55 Å². The van der Waals surface area contributed by atoms with E-state index in [-0.39, 0.29) is 5.91 Å². The third kappa shape index (κ3) is 3.51. The molecule has 3 rings (SSSR count). The van der Waals surface area contributed by atoms with Crippen LogP contribution in [0.2, 0.25) is 0 Å². The highest BCUT2D eigenvalue weighted by molar-refractivity contribution is 7.13. The lowest BCUT2D eigenvalue weighted by atomic mass is 10.1. The van der Waals surface area contributed by atoms with Gasteiger partial charge in [0.25, 0.3) is 5.91 Å². The molecule has 0 aliphatic rings. The van der Waals surface area contributed by atoms with Crippen molar-refractivity contribution in [3.8, 4) is 10.6 Å². The highest BCUT2D eigenvalue weighted by Gasteiger charge is 2.25. The van der Waals surface area contributed by atoms with E-state index in [1.807, 2.05) is 18.4 Å². The van der Waals surface area contributed by atoms with Gasteiger partial charge >= 0.3 is 0 Å². The number of thiazole rings is 1. The summed E-state index contributed by atoms with van der Waals surface area (Å²) in [5.74, 6) is -0.376. The molecule has 0 radical (unpaired) electrons. The topological polar surface area (TPSA) is 60.9 Å². The zero-order valence-corrected chi connectivity index (χ0v) is 15.5. The van der Waals surface area contributed by atoms with E-state index in [0.717, 1.165) is 42.1 Å². The van der Waals surface area contributed by atoms with Crippen LogP contribution >= 0.6 is 11.3 Å². The molecule has 0 aliphatic heterocycles. The van der Waals surface area contributed by atoms with Crippen molar-refractivity contribution < 1.29 is 4.79 Å². The minimum Gasteiger partial charge on any atom is -0.366 e. The summed E-state index contributed by atoms with van der Waals surface area (Å²) < 4.78 is 2.26. The lowest BCUT2D eigenvalue weighted by Gasteiger charge is -2.12. The Labute approximate surface area is 152 Å². The van der Waals surface area contributed by atoms with Crippen molar-refractivity contribution in [2.45, 2.75) is 39.7 Å². The molecule has 0 saturated heterocycles. The average Bonchev–Trinajstić information content (AvgIpc) is 3.21. The fraction of sp³-hybridized carbons (Fsp3) is 0.300. The van der Waals surface area contributed by atoms with Gasteiger partial charge in [-0.3, -0.25) is 4.79 Å². The van der Waals surface area contributed by atoms with Crippen LogP contribution in [-0.4, -0.2) is 15.5 Å². The molecule has 2 N–H and O–H groups in total. The summed E-state index contributed by atoms with van der Waals surface area (Å²) in [6.07, 6.45) is 4.60. The molecule has 1 aromatic carbocycles. The third-order valence-electron chi connectivity index (χ3n) is 4.48. The van der Waals surface area contributed by atoms with Crippen molar-refractivity contribution in [3.63, 3.8) is 0 Å². The summed E-state index contributed by atoms with van der Waals surface area (Å²) in [7, 11) is 0. The van der Waals surface area contributed by atoms with Crippen LogP contribution in [0.4, 0.5) is 0 Å². The summed E-state index contributed by atoms with van der Waals surface area (Å²) in [6, 6.07) is 10.4. The molecule has 3 aromatic rings. The fourth-order valence-corrected chi connectivity index (χ4v) is 4.07. The predicted octanol–water partition coefficient (Wildman–Crippen LogP) is 4.21. The highest BCUT2D eigenvalue weighted by Crippen LogP contribution is 2.34. The molecule has 25 heavy (non-hydrogen) atoms. The number of aryl methyl sites for hydroxylation is 1. The molecule has 1 amide bonds. The fourth-order valence-electron chi connectivity index (χ4n) is 3.36. The average molecular weight is 353 g/mol. The molecule has 0 fully saturated rings. The van der Waals surface area contributed by atoms with Crippen LogP contribution in [0, 0.1) is 6.92 Å². The maximum Gasteiger partial charge on any atom is 0.251 e. The minimum atomic E-state index is -0.376. The van der Waals surface area contributed by atoms with Gasteiger partial charge in [-0.1, -0.05) is 43.7 Å². The number of aromatic nitrogens is 2. The Morgan fingerprint density at radius 2 is 2.00 bits per heavy atom. The number of nitrogens with two attached hydrogens (primary N) is 1. The van der Waals surface area contributed by atoms with Gasteiger partial charge in [0, 0.05) is 35.1 Å². The zero-order valence-electron chi connectivity index (χ0n) is 14.7. The van der Waals surface area contributed by atoms with Crippen LogP contribution in [0.15, 0.2) is 41.9 Å². The van der Waals surface area contributed by atoms with Gasteiger partial charge in [-0.2, -0.15) is 0 Å². The van der Waals surface area contributed by atoms with Crippen LogP contribution in [-0.2, 0) is 19.4 Å². The third-order valence-corrected chi connectivity index (χ3v) is 5.27. The second-order valence-corrected chi connectivity index (χ2v) is 7.02. The number of amides is 1. The quantitative estimate of drug-likeness (QED) is 0.691. The van der Waals surface area contributed by atoms with Crippen LogP contribution in [0.5, 0.6) is 0 Å². The summed E-state index contributed by atoms with van der Waals surface area (Å²) in [5.41, 5.74) is 10.7. The van der Waals surface area contributed by atoms with Crippen molar-refractivity contribution >= 4 is 17.2 Å². The van der Waals surface area contributed by atoms with Crippen molar-refractivity contribution in [3.05, 3.63) is 64.4 Å². The molecule has 2 heterocycles. The van der Waals surface area contributed by atoms with Gasteiger partial charge in [0.2, 0.25) is 0 Å². The van der Waals surface area contributed by atoms with Gasteiger partial charge in [-0.05, 0) is 25.3 Å². The van der Waals surface area contributed by atoms with Gasteiger partial charge in [0.05, 0.1) is 5.56 Å². The molecular weight excluding hydrogens is 330 g/mol. The predicted molar refractivity (Wildman–Crippen MR) is 103 cm³/mol. The lowest BCUT2D eigenvalue weighted by Crippen LogP contribution is -2.13. The van der Waals surface area contributed by atoms with E-state index in [0.29, 0.717) is 5.56 Å². The van der Waals surface area contributed by atoms with Gasteiger partial charge in [-0.15, -0.1) is 11.3 Å². The summed E-state index contributed by atoms with van der Waals surface area (Å²) in [4.78, 5) is 16.6. The Morgan fingerprint density at radius 3 is 2.60 bits per heavy atom. The van der Waals surface area contributed by atoms with Crippen molar-refractivity contribution in [2.24, 2.45) is 5.73 Å². The SMILES string of the molecule is CCCc1c(-c2nccs2)c(C(N)=O)c(C)n1CCc1ccccc1. The van der Waals surface area contributed by atoms with Crippen LogP contribution in [0.25, 0.3) is 10.6 Å². The number of carbonyl (C=O) groups is 1. The summed E-state index contributed by atoms with van der Waals surface area (Å²) in [5, 5.41) is 2.81. The van der Waals surface area contributed by atoms with E-state index in [1.54, 1.807) is 17.5 Å². The molecule has 0 spiro atoms. The molecule has 0 aliphatic carbocycles. The highest BCUT2D eigenvalue weighted by atomic mass is 32.1. The number of hydrogen-bond acceptors (Lipinski definition) is 3. The van der Waals surface area contributed by atoms with E-state index < -0.39 is 0 Å². The van der Waals surface area contributed by atoms with Crippen LogP contribution < -0.4 is 5.73 Å². The number of rotatable bonds is 7. The number of carbonyl (C=O) groups excluding carboxylic acids is 1. The summed E-state index contributed by atoms with van der Waals surface area (Å²) >= 11 is 1.55. The second kappa shape index (κ2) is 7.66. The normalized spacial score (nSPS) is 11.0. The Balaban J connectivity index is 2.07. The Kier molecular flexibility index (Phi) is 5.34. The molecular formula is C20H23N3OS. The maximum absolute atomic E-state index is 12.2. The van der Waals surface area contributed by atoms with Gasteiger partial charge < -0.3 is 10.3 Å². The Bertz CT molecular complexity index is 851. The molecule has 0 atom stereocenters. The van der Waals surface area contributed by atoms with Crippen LogP contribution in [0.1, 0.15) is 40.7 Å². The molecule has 5 heteroatoms. The first-order chi connectivity index (χ1) is 12.1. The zero-order chi connectivity index (χ0) is 17.8. The lowest BCUT2D eigenvalue weighted by molar-refractivity contribution is 0.1000. The monoisotopic (exact) mass is 353 g/mol. The Morgan fingerprint density at radius 1 is 1.24 bits per heavy atom. The number of benzene rings is 1. The molecule has 130 valence electrons. The largest absolute Gasteiger partial charge is 0.366 e. The number of hydrogen-bond donors (Lipinski definition) is 1.